The molecule has 0 saturated carbocycles. The second-order valence-electron chi connectivity index (χ2n) is 4.74. The van der Waals surface area contributed by atoms with Gasteiger partial charge in [-0.25, -0.2) is 4.98 Å². The lowest BCUT2D eigenvalue weighted by Crippen LogP contribution is -2.32. The smallest absolute Gasteiger partial charge is 0.109 e. The first-order valence-corrected chi connectivity index (χ1v) is 6.56. The average molecular weight is 229 g/mol. The summed E-state index contributed by atoms with van der Waals surface area (Å²) < 4.78 is 2.45. The number of benzene rings is 1. The summed E-state index contributed by atoms with van der Waals surface area (Å²) in [4.78, 5) is 4.74. The lowest BCUT2D eigenvalue weighted by Gasteiger charge is -2.26. The van der Waals surface area contributed by atoms with Crippen LogP contribution in [0.3, 0.4) is 0 Å². The second kappa shape index (κ2) is 4.49. The zero-order valence-electron chi connectivity index (χ0n) is 10.3. The number of nitrogens with one attached hydrogen (secondary N) is 1. The van der Waals surface area contributed by atoms with E-state index in [1.54, 1.807) is 0 Å². The number of para-hydroxylation sites is 2. The third-order valence-corrected chi connectivity index (χ3v) is 3.62. The first-order chi connectivity index (χ1) is 8.40. The molecule has 1 unspecified atom stereocenters. The molecule has 1 aliphatic rings. The fraction of sp³-hybridized carbons (Fsp3) is 0.500. The average Bonchev–Trinajstić information content (AvgIpc) is 2.78. The molecule has 0 radical (unpaired) electrons. The molecule has 1 fully saturated rings. The summed E-state index contributed by atoms with van der Waals surface area (Å²) in [6.45, 7) is 4.42. The Bertz CT molecular complexity index is 509. The Morgan fingerprint density at radius 1 is 1.41 bits per heavy atom. The van der Waals surface area contributed by atoms with Crippen LogP contribution >= 0.6 is 0 Å². The van der Waals surface area contributed by atoms with Gasteiger partial charge in [0.15, 0.2) is 0 Å². The lowest BCUT2D eigenvalue weighted by molar-refractivity contribution is 0.371. The van der Waals surface area contributed by atoms with E-state index in [1.807, 2.05) is 0 Å². The van der Waals surface area contributed by atoms with Crippen molar-refractivity contribution in [3.63, 3.8) is 0 Å². The summed E-state index contributed by atoms with van der Waals surface area (Å²) in [6.07, 6.45) is 3.53. The summed E-state index contributed by atoms with van der Waals surface area (Å²) in [5, 5.41) is 3.49. The van der Waals surface area contributed by atoms with Crippen molar-refractivity contribution >= 4 is 11.0 Å². The summed E-state index contributed by atoms with van der Waals surface area (Å²) >= 11 is 0. The van der Waals surface area contributed by atoms with Crippen LogP contribution in [0, 0.1) is 0 Å². The highest BCUT2D eigenvalue weighted by Gasteiger charge is 2.19. The molecule has 0 bridgehead atoms. The highest BCUT2D eigenvalue weighted by Crippen LogP contribution is 2.25. The maximum absolute atomic E-state index is 4.74. The summed E-state index contributed by atoms with van der Waals surface area (Å²) in [6, 6.07) is 9.05. The van der Waals surface area contributed by atoms with Crippen LogP contribution in [0.2, 0.25) is 0 Å². The van der Waals surface area contributed by atoms with E-state index >= 15 is 0 Å². The highest BCUT2D eigenvalue weighted by molar-refractivity contribution is 5.76. The van der Waals surface area contributed by atoms with Gasteiger partial charge in [0, 0.05) is 19.0 Å². The van der Waals surface area contributed by atoms with Crippen molar-refractivity contribution in [1.29, 1.82) is 0 Å². The normalized spacial score (nSPS) is 20.9. The molecule has 0 aliphatic carbocycles. The molecule has 1 aliphatic heterocycles. The minimum absolute atomic E-state index is 0.575. The first kappa shape index (κ1) is 10.8. The van der Waals surface area contributed by atoms with Gasteiger partial charge in [-0.2, -0.15) is 0 Å². The number of imidazole rings is 1. The van der Waals surface area contributed by atoms with Gasteiger partial charge >= 0.3 is 0 Å². The van der Waals surface area contributed by atoms with E-state index in [9.17, 15) is 0 Å². The summed E-state index contributed by atoms with van der Waals surface area (Å²) in [5.41, 5.74) is 2.42. The maximum Gasteiger partial charge on any atom is 0.109 e. The summed E-state index contributed by atoms with van der Waals surface area (Å²) in [7, 11) is 0. The van der Waals surface area contributed by atoms with Gasteiger partial charge in [0.2, 0.25) is 0 Å². The largest absolute Gasteiger partial charge is 0.324 e. The van der Waals surface area contributed by atoms with Gasteiger partial charge in [-0.05, 0) is 31.5 Å². The number of nitrogens with zero attached hydrogens (tertiary/aromatic N) is 2. The molecule has 2 aromatic rings. The predicted molar refractivity (Wildman–Crippen MR) is 70.3 cm³/mol. The lowest BCUT2D eigenvalue weighted by atomic mass is 10.1. The number of aromatic nitrogens is 2. The Hall–Kier alpha value is -1.35. The Labute approximate surface area is 102 Å². The minimum atomic E-state index is 0.575. The van der Waals surface area contributed by atoms with E-state index in [0.717, 1.165) is 25.0 Å². The zero-order valence-corrected chi connectivity index (χ0v) is 10.3. The van der Waals surface area contributed by atoms with Crippen molar-refractivity contribution in [3.8, 4) is 0 Å². The van der Waals surface area contributed by atoms with Crippen molar-refractivity contribution in [1.82, 2.24) is 14.9 Å². The van der Waals surface area contributed by atoms with Crippen LogP contribution in [-0.4, -0.2) is 22.6 Å². The number of rotatable bonds is 2. The monoisotopic (exact) mass is 229 g/mol. The Morgan fingerprint density at radius 3 is 3.06 bits per heavy atom. The quantitative estimate of drug-likeness (QED) is 0.857. The second-order valence-corrected chi connectivity index (χ2v) is 4.74. The third-order valence-electron chi connectivity index (χ3n) is 3.62. The number of aryl methyl sites for hydroxylation is 1. The van der Waals surface area contributed by atoms with Crippen molar-refractivity contribution < 1.29 is 0 Å². The molecule has 17 heavy (non-hydrogen) atoms. The highest BCUT2D eigenvalue weighted by atomic mass is 15.1. The molecule has 0 amide bonds. The Balaban J connectivity index is 2.11. The molecule has 1 aromatic heterocycles. The van der Waals surface area contributed by atoms with E-state index in [4.69, 9.17) is 4.98 Å². The van der Waals surface area contributed by atoms with Crippen molar-refractivity contribution in [2.45, 2.75) is 32.2 Å². The fourth-order valence-electron chi connectivity index (χ4n) is 2.81. The molecule has 1 aromatic carbocycles. The van der Waals surface area contributed by atoms with E-state index < -0.39 is 0 Å². The molecule has 1 atom stereocenters. The Kier molecular flexibility index (Phi) is 2.85. The standard InChI is InChI=1S/C14H19N3/c1-2-14-16-12-7-3-4-8-13(12)17(14)11-6-5-9-15-10-11/h3-4,7-8,11,15H,2,5-6,9-10H2,1H3. The molecular weight excluding hydrogens is 210 g/mol. The van der Waals surface area contributed by atoms with Crippen LogP contribution < -0.4 is 5.32 Å². The number of hydrogen-bond acceptors (Lipinski definition) is 2. The van der Waals surface area contributed by atoms with Crippen LogP contribution in [0.1, 0.15) is 31.6 Å². The van der Waals surface area contributed by atoms with Crippen molar-refractivity contribution in [2.75, 3.05) is 13.1 Å². The van der Waals surface area contributed by atoms with Gasteiger partial charge < -0.3 is 9.88 Å². The molecule has 3 nitrogen and oxygen atoms in total. The fourth-order valence-corrected chi connectivity index (χ4v) is 2.81. The van der Waals surface area contributed by atoms with Crippen LogP contribution in [0.5, 0.6) is 0 Å². The van der Waals surface area contributed by atoms with Crippen LogP contribution in [-0.2, 0) is 6.42 Å². The molecule has 90 valence electrons. The number of fused-ring (bicyclic) bond motifs is 1. The third kappa shape index (κ3) is 1.84. The van der Waals surface area contributed by atoms with Crippen LogP contribution in [0.15, 0.2) is 24.3 Å². The summed E-state index contributed by atoms with van der Waals surface area (Å²) in [5.74, 6) is 1.22. The van der Waals surface area contributed by atoms with Crippen LogP contribution in [0.25, 0.3) is 11.0 Å². The molecule has 3 rings (SSSR count). The van der Waals surface area contributed by atoms with E-state index in [2.05, 4.69) is 41.1 Å². The van der Waals surface area contributed by atoms with Gasteiger partial charge in [0.25, 0.3) is 0 Å². The van der Waals surface area contributed by atoms with Gasteiger partial charge in [-0.1, -0.05) is 19.1 Å². The van der Waals surface area contributed by atoms with Crippen molar-refractivity contribution in [3.05, 3.63) is 30.1 Å². The van der Waals surface area contributed by atoms with E-state index in [1.165, 1.54) is 24.2 Å². The molecule has 0 spiro atoms. The van der Waals surface area contributed by atoms with Crippen LogP contribution in [0.4, 0.5) is 0 Å². The van der Waals surface area contributed by atoms with Gasteiger partial charge in [-0.3, -0.25) is 0 Å². The molecule has 1 N–H and O–H groups in total. The number of hydrogen-bond donors (Lipinski definition) is 1. The number of piperidine rings is 1. The zero-order chi connectivity index (χ0) is 11.7. The molecular formula is C14H19N3. The molecule has 1 saturated heterocycles. The van der Waals surface area contributed by atoms with Gasteiger partial charge in [-0.15, -0.1) is 0 Å². The topological polar surface area (TPSA) is 29.9 Å². The van der Waals surface area contributed by atoms with Gasteiger partial charge in [0.05, 0.1) is 11.0 Å². The Morgan fingerprint density at radius 2 is 2.29 bits per heavy atom. The SMILES string of the molecule is CCc1nc2ccccc2n1C1CCCNC1. The van der Waals surface area contributed by atoms with Gasteiger partial charge in [0.1, 0.15) is 5.82 Å². The maximum atomic E-state index is 4.74. The predicted octanol–water partition coefficient (Wildman–Crippen LogP) is 2.52. The molecule has 3 heteroatoms. The van der Waals surface area contributed by atoms with E-state index in [-0.39, 0.29) is 0 Å². The molecule has 2 heterocycles. The van der Waals surface area contributed by atoms with Crippen molar-refractivity contribution in [2.24, 2.45) is 0 Å². The van der Waals surface area contributed by atoms with E-state index in [0.29, 0.717) is 6.04 Å². The minimum Gasteiger partial charge on any atom is -0.324 e. The first-order valence-electron chi connectivity index (χ1n) is 6.56.